The standard InChI is InChI=1S/C23H28O8/c1-11(24)31-10-16(27)23(30)7-5-13-17-18(15(26)9-22(13,23)3)21(2)6-4-12(25)8-14(21)19(28)20(17)29/h4,6,8,13,15,17-18,26,28-30H,5,7,9-10H2,1-3H3/t13-,15?,17-,18-,21-,22-,23-/m0/s1. The van der Waals surface area contributed by atoms with Crippen molar-refractivity contribution in [2.75, 3.05) is 6.61 Å². The van der Waals surface area contributed by atoms with E-state index in [2.05, 4.69) is 0 Å². The molecule has 31 heavy (non-hydrogen) atoms. The lowest BCUT2D eigenvalue weighted by Gasteiger charge is -2.58. The molecule has 0 spiro atoms. The lowest BCUT2D eigenvalue weighted by Crippen LogP contribution is -2.62. The fourth-order valence-electron chi connectivity index (χ4n) is 6.70. The van der Waals surface area contributed by atoms with Gasteiger partial charge in [0.05, 0.1) is 6.10 Å². The minimum atomic E-state index is -1.84. The second kappa shape index (κ2) is 6.77. The average molecular weight is 432 g/mol. The summed E-state index contributed by atoms with van der Waals surface area (Å²) in [6, 6.07) is 0. The summed E-state index contributed by atoms with van der Waals surface area (Å²) in [4.78, 5) is 35.9. The van der Waals surface area contributed by atoms with Gasteiger partial charge in [0.15, 0.2) is 18.1 Å². The lowest BCUT2D eigenvalue weighted by atomic mass is 9.47. The van der Waals surface area contributed by atoms with Crippen LogP contribution in [0.1, 0.15) is 40.0 Å². The van der Waals surface area contributed by atoms with Crippen LogP contribution in [0.4, 0.5) is 0 Å². The Kier molecular flexibility index (Phi) is 4.76. The minimum Gasteiger partial charge on any atom is -0.508 e. The summed E-state index contributed by atoms with van der Waals surface area (Å²) >= 11 is 0. The van der Waals surface area contributed by atoms with Crippen molar-refractivity contribution >= 4 is 17.5 Å². The smallest absolute Gasteiger partial charge is 0.303 e. The first-order chi connectivity index (χ1) is 14.4. The van der Waals surface area contributed by atoms with Gasteiger partial charge in [-0.05, 0) is 37.3 Å². The molecular weight excluding hydrogens is 404 g/mol. The van der Waals surface area contributed by atoms with Gasteiger partial charge in [-0.25, -0.2) is 0 Å². The molecule has 4 aliphatic rings. The molecule has 0 bridgehead atoms. The van der Waals surface area contributed by atoms with Crippen LogP contribution in [0.2, 0.25) is 0 Å². The number of aliphatic hydroxyl groups excluding tert-OH is 3. The van der Waals surface area contributed by atoms with Crippen LogP contribution in [0.15, 0.2) is 35.3 Å². The summed E-state index contributed by atoms with van der Waals surface area (Å²) in [5.41, 5.74) is -3.58. The van der Waals surface area contributed by atoms with Crippen molar-refractivity contribution < 1.29 is 39.5 Å². The number of hydrogen-bond acceptors (Lipinski definition) is 8. The van der Waals surface area contributed by atoms with Gasteiger partial charge in [0.2, 0.25) is 5.78 Å². The zero-order valence-electron chi connectivity index (χ0n) is 17.8. The maximum atomic E-state index is 12.9. The van der Waals surface area contributed by atoms with Crippen LogP contribution in [-0.4, -0.2) is 56.3 Å². The van der Waals surface area contributed by atoms with Crippen molar-refractivity contribution in [1.29, 1.82) is 0 Å². The van der Waals surface area contributed by atoms with Crippen molar-refractivity contribution in [3.05, 3.63) is 35.3 Å². The van der Waals surface area contributed by atoms with Gasteiger partial charge in [0.25, 0.3) is 0 Å². The van der Waals surface area contributed by atoms with Crippen LogP contribution in [0.25, 0.3) is 0 Å². The van der Waals surface area contributed by atoms with Crippen LogP contribution in [0, 0.1) is 28.6 Å². The fraction of sp³-hybridized carbons (Fsp3) is 0.609. The van der Waals surface area contributed by atoms with Gasteiger partial charge in [0, 0.05) is 35.2 Å². The molecule has 0 saturated heterocycles. The van der Waals surface area contributed by atoms with Gasteiger partial charge in [0.1, 0.15) is 11.4 Å². The van der Waals surface area contributed by atoms with E-state index in [1.54, 1.807) is 19.9 Å². The fourth-order valence-corrected chi connectivity index (χ4v) is 6.70. The molecule has 2 saturated carbocycles. The van der Waals surface area contributed by atoms with E-state index in [1.807, 2.05) is 0 Å². The van der Waals surface area contributed by atoms with E-state index in [-0.39, 0.29) is 35.7 Å². The monoisotopic (exact) mass is 432 g/mol. The molecule has 8 heteroatoms. The number of rotatable bonds is 3. The normalized spacial score (nSPS) is 43.6. The van der Waals surface area contributed by atoms with Crippen LogP contribution < -0.4 is 0 Å². The summed E-state index contributed by atoms with van der Waals surface area (Å²) in [6.45, 7) is 4.11. The number of hydrogen-bond donors (Lipinski definition) is 4. The quantitative estimate of drug-likeness (QED) is 0.494. The molecule has 168 valence electrons. The summed E-state index contributed by atoms with van der Waals surface area (Å²) < 4.78 is 4.82. The van der Waals surface area contributed by atoms with Crippen molar-refractivity contribution in [2.24, 2.45) is 28.6 Å². The van der Waals surface area contributed by atoms with Crippen molar-refractivity contribution in [2.45, 2.75) is 51.7 Å². The Morgan fingerprint density at radius 3 is 2.58 bits per heavy atom. The Hall–Kier alpha value is -2.45. The maximum absolute atomic E-state index is 12.9. The van der Waals surface area contributed by atoms with E-state index in [1.165, 1.54) is 19.1 Å². The first-order valence-corrected chi connectivity index (χ1v) is 10.5. The topological polar surface area (TPSA) is 141 Å². The molecule has 4 aliphatic carbocycles. The Morgan fingerprint density at radius 1 is 1.26 bits per heavy atom. The number of carbonyl (C=O) groups excluding carboxylic acids is 3. The number of esters is 1. The molecule has 7 atom stereocenters. The third kappa shape index (κ3) is 2.77. The lowest BCUT2D eigenvalue weighted by molar-refractivity contribution is -0.179. The van der Waals surface area contributed by atoms with Gasteiger partial charge in [-0.1, -0.05) is 19.9 Å². The van der Waals surface area contributed by atoms with Crippen LogP contribution in [0.5, 0.6) is 0 Å². The van der Waals surface area contributed by atoms with Gasteiger partial charge in [-0.15, -0.1) is 0 Å². The minimum absolute atomic E-state index is 0.0832. The van der Waals surface area contributed by atoms with Crippen molar-refractivity contribution in [1.82, 2.24) is 0 Å². The van der Waals surface area contributed by atoms with Gasteiger partial charge < -0.3 is 25.2 Å². The zero-order chi connectivity index (χ0) is 22.9. The van der Waals surface area contributed by atoms with E-state index < -0.39 is 58.6 Å². The van der Waals surface area contributed by atoms with Crippen LogP contribution in [0.3, 0.4) is 0 Å². The second-order valence-corrected chi connectivity index (χ2v) is 9.76. The molecule has 2 fully saturated rings. The molecule has 4 rings (SSSR count). The van der Waals surface area contributed by atoms with E-state index in [0.29, 0.717) is 6.42 Å². The van der Waals surface area contributed by atoms with Crippen molar-refractivity contribution in [3.8, 4) is 0 Å². The number of carbonyl (C=O) groups is 3. The molecule has 0 aromatic rings. The predicted molar refractivity (Wildman–Crippen MR) is 108 cm³/mol. The Balaban J connectivity index is 1.79. The molecule has 0 radical (unpaired) electrons. The molecule has 0 heterocycles. The molecular formula is C23H28O8. The van der Waals surface area contributed by atoms with E-state index in [4.69, 9.17) is 4.74 Å². The highest BCUT2D eigenvalue weighted by atomic mass is 16.5. The molecule has 0 aliphatic heterocycles. The third-order valence-corrected chi connectivity index (χ3v) is 8.28. The number of fused-ring (bicyclic) bond motifs is 5. The molecule has 4 N–H and O–H groups in total. The van der Waals surface area contributed by atoms with Crippen molar-refractivity contribution in [3.63, 3.8) is 0 Å². The molecule has 8 nitrogen and oxygen atoms in total. The van der Waals surface area contributed by atoms with Gasteiger partial charge >= 0.3 is 5.97 Å². The number of allylic oxidation sites excluding steroid dienone is 5. The van der Waals surface area contributed by atoms with E-state index in [9.17, 15) is 34.8 Å². The highest BCUT2D eigenvalue weighted by molar-refractivity contribution is 6.01. The number of aliphatic hydroxyl groups is 4. The highest BCUT2D eigenvalue weighted by Crippen LogP contribution is 2.67. The van der Waals surface area contributed by atoms with E-state index >= 15 is 0 Å². The Morgan fingerprint density at radius 2 is 1.94 bits per heavy atom. The van der Waals surface area contributed by atoms with Gasteiger partial charge in [-0.2, -0.15) is 0 Å². The van der Waals surface area contributed by atoms with Crippen LogP contribution in [-0.2, 0) is 19.1 Å². The van der Waals surface area contributed by atoms with E-state index in [0.717, 1.165) is 0 Å². The summed E-state index contributed by atoms with van der Waals surface area (Å²) in [6.07, 6.45) is 3.84. The predicted octanol–water partition coefficient (Wildman–Crippen LogP) is 1.68. The first kappa shape index (κ1) is 21.8. The number of ether oxygens (including phenoxy) is 1. The third-order valence-electron chi connectivity index (χ3n) is 8.28. The molecule has 0 aromatic carbocycles. The second-order valence-electron chi connectivity index (χ2n) is 9.76. The Bertz CT molecular complexity index is 961. The highest BCUT2D eigenvalue weighted by Gasteiger charge is 2.69. The van der Waals surface area contributed by atoms with Gasteiger partial charge in [-0.3, -0.25) is 14.4 Å². The first-order valence-electron chi connectivity index (χ1n) is 10.5. The summed E-state index contributed by atoms with van der Waals surface area (Å²) in [7, 11) is 0. The number of Topliss-reactive ketones (excluding diaryl/α,β-unsaturated/α-hetero) is 1. The largest absolute Gasteiger partial charge is 0.508 e. The SMILES string of the molecule is CC(=O)OCC(=O)[C@@]1(O)CC[C@H]2[C@@H]3C(O)=C(O)C4=CC(=O)C=C[C@]4(C)[C@H]3C(O)C[C@@]21C. The summed E-state index contributed by atoms with van der Waals surface area (Å²) in [5, 5.41) is 44.4. The molecule has 0 amide bonds. The zero-order valence-corrected chi connectivity index (χ0v) is 17.8. The maximum Gasteiger partial charge on any atom is 0.303 e. The number of ketones is 2. The van der Waals surface area contributed by atoms with Crippen LogP contribution >= 0.6 is 0 Å². The molecule has 0 aromatic heterocycles. The summed E-state index contributed by atoms with van der Waals surface area (Å²) in [5.74, 6) is -4.00. The Labute approximate surface area is 179 Å². The molecule has 1 unspecified atom stereocenters. The average Bonchev–Trinajstić information content (AvgIpc) is 2.96.